The van der Waals surface area contributed by atoms with Gasteiger partial charge in [-0.3, -0.25) is 0 Å². The maximum Gasteiger partial charge on any atom is 0.407 e. The van der Waals surface area contributed by atoms with Crippen molar-refractivity contribution in [3.8, 4) is 11.1 Å². The number of hydrogen-bond acceptors (Lipinski definition) is 4. The quantitative estimate of drug-likeness (QED) is 0.470. The lowest BCUT2D eigenvalue weighted by atomic mass is 9.98. The van der Waals surface area contributed by atoms with Crippen LogP contribution in [-0.4, -0.2) is 33.9 Å². The topological polar surface area (TPSA) is 72.5 Å². The van der Waals surface area contributed by atoms with E-state index in [0.29, 0.717) is 13.0 Å². The zero-order valence-corrected chi connectivity index (χ0v) is 19.3. The van der Waals surface area contributed by atoms with Gasteiger partial charge in [0, 0.05) is 18.7 Å². The van der Waals surface area contributed by atoms with Gasteiger partial charge in [-0.05, 0) is 39.8 Å². The summed E-state index contributed by atoms with van der Waals surface area (Å²) in [6.45, 7) is 0.718. The van der Waals surface area contributed by atoms with Crippen LogP contribution in [-0.2, 0) is 20.3 Å². The number of carbonyl (C=O) groups excluding carboxylic acids is 1. The first-order valence-corrected chi connectivity index (χ1v) is 13.0. The fourth-order valence-electron chi connectivity index (χ4n) is 4.23. The molecule has 0 radical (unpaired) electrons. The predicted octanol–water partition coefficient (Wildman–Crippen LogP) is 5.17. The number of nitrogens with one attached hydrogen (secondary N) is 1. The first-order valence-electron chi connectivity index (χ1n) is 10.9. The molecule has 4 rings (SSSR count). The van der Waals surface area contributed by atoms with Crippen LogP contribution in [0.2, 0.25) is 0 Å². The second-order valence-corrected chi connectivity index (χ2v) is 10.4. The molecule has 1 aliphatic carbocycles. The fourth-order valence-corrected chi connectivity index (χ4v) is 5.06. The summed E-state index contributed by atoms with van der Waals surface area (Å²) < 4.78 is 28.8. The molecule has 1 N–H and O–H groups in total. The van der Waals surface area contributed by atoms with Crippen LogP contribution in [0, 0.1) is 0 Å². The molecule has 0 saturated carbocycles. The van der Waals surface area contributed by atoms with Crippen LogP contribution in [0.4, 0.5) is 4.79 Å². The molecule has 1 aliphatic rings. The van der Waals surface area contributed by atoms with Gasteiger partial charge >= 0.3 is 6.09 Å². The van der Waals surface area contributed by atoms with E-state index in [4.69, 9.17) is 4.74 Å². The van der Waals surface area contributed by atoms with Gasteiger partial charge in [-0.2, -0.15) is 0 Å². The maximum atomic E-state index is 12.2. The van der Waals surface area contributed by atoms with Gasteiger partial charge in [0.2, 0.25) is 0 Å². The summed E-state index contributed by atoms with van der Waals surface area (Å²) >= 11 is 0. The highest BCUT2D eigenvalue weighted by molar-refractivity contribution is 7.89. The Hall–Kier alpha value is -3.38. The molecular weight excluding hydrogens is 434 g/mol. The van der Waals surface area contributed by atoms with Gasteiger partial charge in [-0.15, -0.1) is 0 Å². The Labute approximate surface area is 195 Å². The number of alkyl carbamates (subject to hydrolysis) is 1. The minimum atomic E-state index is -3.10. The SMILES string of the molecule is CS(=O)(=O)Cc1ccccc1C=CCCNC(=O)OCC1c2ccccc2-c2ccccc21. The Morgan fingerprint density at radius 3 is 2.21 bits per heavy atom. The Morgan fingerprint density at radius 1 is 0.939 bits per heavy atom. The molecule has 1 amide bonds. The van der Waals surface area contributed by atoms with E-state index in [1.807, 2.05) is 60.7 Å². The van der Waals surface area contributed by atoms with E-state index in [1.165, 1.54) is 28.5 Å². The molecule has 3 aromatic carbocycles. The number of sulfone groups is 1. The number of fused-ring (bicyclic) bond motifs is 3. The number of carbonyl (C=O) groups is 1. The standard InChI is InChI=1S/C27H27NO4S/c1-33(30,31)19-21-12-3-2-10-20(21)11-8-9-17-28-27(29)32-18-26-24-15-6-4-13-22(24)23-14-5-7-16-25(23)26/h2-8,10-16,26H,9,17-19H2,1H3,(H,28,29). The van der Waals surface area contributed by atoms with E-state index in [-0.39, 0.29) is 18.3 Å². The zero-order valence-electron chi connectivity index (χ0n) is 18.5. The second kappa shape index (κ2) is 10.0. The Kier molecular flexibility index (Phi) is 6.94. The summed E-state index contributed by atoms with van der Waals surface area (Å²) in [5, 5.41) is 2.79. The van der Waals surface area contributed by atoms with Crippen molar-refractivity contribution in [2.75, 3.05) is 19.4 Å². The second-order valence-electron chi connectivity index (χ2n) is 8.21. The maximum absolute atomic E-state index is 12.2. The first kappa shape index (κ1) is 22.8. The van der Waals surface area contributed by atoms with E-state index in [0.717, 1.165) is 11.1 Å². The van der Waals surface area contributed by atoms with Crippen molar-refractivity contribution >= 4 is 22.0 Å². The van der Waals surface area contributed by atoms with E-state index < -0.39 is 15.9 Å². The summed E-state index contributed by atoms with van der Waals surface area (Å²) in [6.07, 6.45) is 5.20. The molecule has 0 aliphatic heterocycles. The van der Waals surface area contributed by atoms with Crippen LogP contribution in [0.25, 0.3) is 17.2 Å². The zero-order chi connectivity index (χ0) is 23.3. The first-order chi connectivity index (χ1) is 15.9. The lowest BCUT2D eigenvalue weighted by molar-refractivity contribution is 0.143. The van der Waals surface area contributed by atoms with E-state index in [2.05, 4.69) is 29.6 Å². The van der Waals surface area contributed by atoms with Crippen molar-refractivity contribution < 1.29 is 17.9 Å². The number of rotatable bonds is 8. The molecule has 0 fully saturated rings. The molecule has 0 heterocycles. The molecule has 5 nitrogen and oxygen atoms in total. The Bertz CT molecular complexity index is 1240. The molecule has 0 spiro atoms. The van der Waals surface area contributed by atoms with Crippen LogP contribution >= 0.6 is 0 Å². The van der Waals surface area contributed by atoms with Crippen LogP contribution in [0.3, 0.4) is 0 Å². The molecule has 170 valence electrons. The van der Waals surface area contributed by atoms with Crippen molar-refractivity contribution in [1.29, 1.82) is 0 Å². The van der Waals surface area contributed by atoms with Gasteiger partial charge in [-0.25, -0.2) is 13.2 Å². The molecule has 0 saturated heterocycles. The highest BCUT2D eigenvalue weighted by Gasteiger charge is 2.28. The lowest BCUT2D eigenvalue weighted by Gasteiger charge is -2.14. The monoisotopic (exact) mass is 461 g/mol. The number of benzene rings is 3. The van der Waals surface area contributed by atoms with Gasteiger partial charge in [0.15, 0.2) is 9.84 Å². The van der Waals surface area contributed by atoms with E-state index in [1.54, 1.807) is 0 Å². The van der Waals surface area contributed by atoms with Crippen LogP contribution in [0.5, 0.6) is 0 Å². The highest BCUT2D eigenvalue weighted by atomic mass is 32.2. The summed E-state index contributed by atoms with van der Waals surface area (Å²) in [5.74, 6) is 0.0419. The number of amides is 1. The highest BCUT2D eigenvalue weighted by Crippen LogP contribution is 2.44. The average Bonchev–Trinajstić information content (AvgIpc) is 3.11. The largest absolute Gasteiger partial charge is 0.449 e. The van der Waals surface area contributed by atoms with Crippen LogP contribution < -0.4 is 5.32 Å². The molecule has 33 heavy (non-hydrogen) atoms. The fraction of sp³-hybridized carbons (Fsp3) is 0.222. The minimum absolute atomic E-state index is 0.00547. The van der Waals surface area contributed by atoms with Gasteiger partial charge in [0.05, 0.1) is 5.75 Å². The summed E-state index contributed by atoms with van der Waals surface area (Å²) in [5.41, 5.74) is 6.39. The summed E-state index contributed by atoms with van der Waals surface area (Å²) in [7, 11) is -3.10. The van der Waals surface area contributed by atoms with E-state index in [9.17, 15) is 13.2 Å². The lowest BCUT2D eigenvalue weighted by Crippen LogP contribution is -2.26. The molecule has 0 atom stereocenters. The smallest absolute Gasteiger partial charge is 0.407 e. The van der Waals surface area contributed by atoms with E-state index >= 15 is 0 Å². The van der Waals surface area contributed by atoms with Gasteiger partial charge < -0.3 is 10.1 Å². The molecule has 0 unspecified atom stereocenters. The molecule has 3 aromatic rings. The number of hydrogen-bond donors (Lipinski definition) is 1. The third kappa shape index (κ3) is 5.71. The molecular formula is C27H27NO4S. The summed E-state index contributed by atoms with van der Waals surface area (Å²) in [6, 6.07) is 23.9. The molecule has 6 heteroatoms. The van der Waals surface area contributed by atoms with Crippen molar-refractivity contribution in [1.82, 2.24) is 5.32 Å². The van der Waals surface area contributed by atoms with Crippen molar-refractivity contribution in [3.05, 3.63) is 101 Å². The predicted molar refractivity (Wildman–Crippen MR) is 132 cm³/mol. The van der Waals surface area contributed by atoms with Gasteiger partial charge in [-0.1, -0.05) is 84.9 Å². The minimum Gasteiger partial charge on any atom is -0.449 e. The Morgan fingerprint density at radius 2 is 1.55 bits per heavy atom. The van der Waals surface area contributed by atoms with Crippen molar-refractivity contribution in [3.63, 3.8) is 0 Å². The molecule has 0 aromatic heterocycles. The van der Waals surface area contributed by atoms with Gasteiger partial charge in [0.1, 0.15) is 6.61 Å². The third-order valence-corrected chi connectivity index (χ3v) is 6.53. The number of ether oxygens (including phenoxy) is 1. The normalized spacial score (nSPS) is 13.0. The average molecular weight is 462 g/mol. The Balaban J connectivity index is 1.28. The van der Waals surface area contributed by atoms with Crippen molar-refractivity contribution in [2.45, 2.75) is 18.1 Å². The summed E-state index contributed by atoms with van der Waals surface area (Å²) in [4.78, 5) is 12.2. The molecule has 0 bridgehead atoms. The third-order valence-electron chi connectivity index (χ3n) is 5.69. The van der Waals surface area contributed by atoms with Gasteiger partial charge in [0.25, 0.3) is 0 Å². The van der Waals surface area contributed by atoms with Crippen LogP contribution in [0.15, 0.2) is 78.9 Å². The van der Waals surface area contributed by atoms with Crippen LogP contribution in [0.1, 0.15) is 34.6 Å². The van der Waals surface area contributed by atoms with Crippen molar-refractivity contribution in [2.24, 2.45) is 0 Å².